The molecular formula is C11H8ClN3. The van der Waals surface area contributed by atoms with Gasteiger partial charge in [0.15, 0.2) is 0 Å². The van der Waals surface area contributed by atoms with Crippen LogP contribution in [0, 0.1) is 11.3 Å². The van der Waals surface area contributed by atoms with Crippen molar-refractivity contribution < 1.29 is 0 Å². The molecule has 2 aromatic rings. The number of halogens is 1. The van der Waals surface area contributed by atoms with E-state index in [1.165, 1.54) is 4.68 Å². The summed E-state index contributed by atoms with van der Waals surface area (Å²) in [4.78, 5) is 0. The highest BCUT2D eigenvalue weighted by atomic mass is 35.5. The summed E-state index contributed by atoms with van der Waals surface area (Å²) in [6.07, 6.45) is 0. The Labute approximate surface area is 92.5 Å². The maximum Gasteiger partial charge on any atom is 0.145 e. The third-order valence-corrected chi connectivity index (χ3v) is 2.57. The summed E-state index contributed by atoms with van der Waals surface area (Å²) in [7, 11) is 1.72. The van der Waals surface area contributed by atoms with Gasteiger partial charge in [-0.3, -0.25) is 4.68 Å². The number of aryl methyl sites for hydroxylation is 1. The zero-order chi connectivity index (χ0) is 10.8. The molecule has 3 nitrogen and oxygen atoms in total. The Morgan fingerprint density at radius 3 is 2.60 bits per heavy atom. The van der Waals surface area contributed by atoms with Crippen LogP contribution in [-0.4, -0.2) is 9.78 Å². The first-order chi connectivity index (χ1) is 7.24. The predicted octanol–water partition coefficient (Wildman–Crippen LogP) is 2.61. The van der Waals surface area contributed by atoms with E-state index in [4.69, 9.17) is 16.9 Å². The third kappa shape index (κ3) is 1.60. The topological polar surface area (TPSA) is 41.6 Å². The molecule has 0 fully saturated rings. The van der Waals surface area contributed by atoms with E-state index in [9.17, 15) is 0 Å². The van der Waals surface area contributed by atoms with Crippen LogP contribution >= 0.6 is 11.6 Å². The molecule has 0 bridgehead atoms. The van der Waals surface area contributed by atoms with Crippen molar-refractivity contribution >= 4 is 11.6 Å². The zero-order valence-corrected chi connectivity index (χ0v) is 8.86. The summed E-state index contributed by atoms with van der Waals surface area (Å²) in [6.45, 7) is 0. The number of aromatic nitrogens is 2. The molecule has 0 atom stereocenters. The van der Waals surface area contributed by atoms with Gasteiger partial charge >= 0.3 is 0 Å². The van der Waals surface area contributed by atoms with E-state index < -0.39 is 0 Å². The minimum Gasteiger partial charge on any atom is -0.255 e. The van der Waals surface area contributed by atoms with Gasteiger partial charge in [-0.25, -0.2) is 0 Å². The molecule has 0 aliphatic heterocycles. The highest BCUT2D eigenvalue weighted by Gasteiger charge is 2.14. The fourth-order valence-corrected chi connectivity index (χ4v) is 1.57. The van der Waals surface area contributed by atoms with Crippen molar-refractivity contribution in [3.05, 3.63) is 41.0 Å². The smallest absolute Gasteiger partial charge is 0.145 e. The number of rotatable bonds is 1. The van der Waals surface area contributed by atoms with Gasteiger partial charge in [0.1, 0.15) is 22.5 Å². The lowest BCUT2D eigenvalue weighted by atomic mass is 10.1. The molecule has 0 saturated heterocycles. The van der Waals surface area contributed by atoms with Crippen LogP contribution in [0.4, 0.5) is 0 Å². The van der Waals surface area contributed by atoms with E-state index in [2.05, 4.69) is 11.2 Å². The molecule has 0 unspecified atom stereocenters. The lowest BCUT2D eigenvalue weighted by Gasteiger charge is -1.94. The molecule has 0 N–H and O–H groups in total. The average molecular weight is 218 g/mol. The highest BCUT2D eigenvalue weighted by Crippen LogP contribution is 2.26. The molecule has 1 aromatic heterocycles. The Balaban J connectivity index is 2.65. The van der Waals surface area contributed by atoms with Crippen LogP contribution in [0.1, 0.15) is 5.56 Å². The van der Waals surface area contributed by atoms with Crippen molar-refractivity contribution in [3.63, 3.8) is 0 Å². The van der Waals surface area contributed by atoms with Gasteiger partial charge in [0, 0.05) is 12.6 Å². The van der Waals surface area contributed by atoms with Gasteiger partial charge in [-0.15, -0.1) is 0 Å². The van der Waals surface area contributed by atoms with E-state index in [-0.39, 0.29) is 0 Å². The van der Waals surface area contributed by atoms with Gasteiger partial charge in [0.25, 0.3) is 0 Å². The van der Waals surface area contributed by atoms with Crippen LogP contribution in [0.3, 0.4) is 0 Å². The molecule has 1 heterocycles. The summed E-state index contributed by atoms with van der Waals surface area (Å²) in [5.41, 5.74) is 1.95. The second kappa shape index (κ2) is 3.76. The van der Waals surface area contributed by atoms with Crippen molar-refractivity contribution in [2.45, 2.75) is 0 Å². The fraction of sp³-hybridized carbons (Fsp3) is 0.0909. The Hall–Kier alpha value is -1.79. The first kappa shape index (κ1) is 9.75. The Morgan fingerprint density at radius 1 is 1.33 bits per heavy atom. The molecule has 0 amide bonds. The number of hydrogen-bond acceptors (Lipinski definition) is 2. The van der Waals surface area contributed by atoms with Crippen LogP contribution in [0.15, 0.2) is 30.3 Å². The maximum absolute atomic E-state index is 8.99. The number of benzene rings is 1. The summed E-state index contributed by atoms with van der Waals surface area (Å²) >= 11 is 5.94. The van der Waals surface area contributed by atoms with Gasteiger partial charge in [0.2, 0.25) is 0 Å². The molecule has 0 saturated carbocycles. The average Bonchev–Trinajstić information content (AvgIpc) is 2.56. The van der Waals surface area contributed by atoms with Crippen molar-refractivity contribution in [1.29, 1.82) is 5.26 Å². The molecule has 0 aliphatic carbocycles. The van der Waals surface area contributed by atoms with Crippen LogP contribution < -0.4 is 0 Å². The monoisotopic (exact) mass is 217 g/mol. The predicted molar refractivity (Wildman–Crippen MR) is 58.4 cm³/mol. The quantitative estimate of drug-likeness (QED) is 0.737. The fourth-order valence-electron chi connectivity index (χ4n) is 1.40. The SMILES string of the molecule is Cn1nc(-c2ccccc2)c(C#N)c1Cl. The molecule has 0 radical (unpaired) electrons. The van der Waals surface area contributed by atoms with Crippen LogP contribution in [0.25, 0.3) is 11.3 Å². The van der Waals surface area contributed by atoms with E-state index in [1.807, 2.05) is 30.3 Å². The molecule has 0 aliphatic rings. The van der Waals surface area contributed by atoms with Crippen molar-refractivity contribution in [2.24, 2.45) is 7.05 Å². The molecule has 0 spiro atoms. The number of nitriles is 1. The van der Waals surface area contributed by atoms with Crippen molar-refractivity contribution in [1.82, 2.24) is 9.78 Å². The van der Waals surface area contributed by atoms with E-state index >= 15 is 0 Å². The summed E-state index contributed by atoms with van der Waals surface area (Å²) in [5.74, 6) is 0. The van der Waals surface area contributed by atoms with E-state index in [0.717, 1.165) is 5.56 Å². The first-order valence-corrected chi connectivity index (χ1v) is 4.80. The highest BCUT2D eigenvalue weighted by molar-refractivity contribution is 6.31. The van der Waals surface area contributed by atoms with Crippen LogP contribution in [0.2, 0.25) is 5.15 Å². The van der Waals surface area contributed by atoms with Crippen LogP contribution in [-0.2, 0) is 7.05 Å². The molecule has 1 aromatic carbocycles. The zero-order valence-electron chi connectivity index (χ0n) is 8.11. The number of hydrogen-bond donors (Lipinski definition) is 0. The lowest BCUT2D eigenvalue weighted by Crippen LogP contribution is -1.89. The van der Waals surface area contributed by atoms with Crippen molar-refractivity contribution in [3.8, 4) is 17.3 Å². The lowest BCUT2D eigenvalue weighted by molar-refractivity contribution is 0.771. The largest absolute Gasteiger partial charge is 0.255 e. The Morgan fingerprint density at radius 2 is 2.00 bits per heavy atom. The summed E-state index contributed by atoms with van der Waals surface area (Å²) in [6, 6.07) is 11.6. The third-order valence-electron chi connectivity index (χ3n) is 2.14. The summed E-state index contributed by atoms with van der Waals surface area (Å²) < 4.78 is 1.50. The summed E-state index contributed by atoms with van der Waals surface area (Å²) in [5, 5.41) is 13.6. The molecule has 4 heteroatoms. The minimum atomic E-state index is 0.372. The van der Waals surface area contributed by atoms with Gasteiger partial charge < -0.3 is 0 Å². The molecule has 15 heavy (non-hydrogen) atoms. The molecule has 74 valence electrons. The number of nitrogens with zero attached hydrogens (tertiary/aromatic N) is 3. The first-order valence-electron chi connectivity index (χ1n) is 4.42. The standard InChI is InChI=1S/C11H8ClN3/c1-15-11(12)9(7-13)10(14-15)8-5-3-2-4-6-8/h2-6H,1H3. The van der Waals surface area contributed by atoms with Gasteiger partial charge in [-0.05, 0) is 0 Å². The molecular weight excluding hydrogens is 210 g/mol. The second-order valence-electron chi connectivity index (χ2n) is 3.12. The second-order valence-corrected chi connectivity index (χ2v) is 3.47. The Kier molecular flexibility index (Phi) is 2.44. The Bertz CT molecular complexity index is 523. The van der Waals surface area contributed by atoms with Gasteiger partial charge in [-0.2, -0.15) is 10.4 Å². The van der Waals surface area contributed by atoms with Gasteiger partial charge in [0.05, 0.1) is 0 Å². The normalized spacial score (nSPS) is 9.93. The van der Waals surface area contributed by atoms with Crippen molar-refractivity contribution in [2.75, 3.05) is 0 Å². The minimum absolute atomic E-state index is 0.372. The maximum atomic E-state index is 8.99. The molecule has 2 rings (SSSR count). The van der Waals surface area contributed by atoms with Crippen LogP contribution in [0.5, 0.6) is 0 Å². The van der Waals surface area contributed by atoms with E-state index in [1.54, 1.807) is 7.05 Å². The van der Waals surface area contributed by atoms with Gasteiger partial charge in [-0.1, -0.05) is 41.9 Å². The van der Waals surface area contributed by atoms with E-state index in [0.29, 0.717) is 16.4 Å².